The summed E-state index contributed by atoms with van der Waals surface area (Å²) in [5, 5.41) is 10.4. The number of phenolic OH excluding ortho intramolecular Hbond substituents is 1. The van der Waals surface area contributed by atoms with Crippen molar-refractivity contribution in [3.8, 4) is 5.75 Å². The van der Waals surface area contributed by atoms with Crippen LogP contribution in [0.2, 0.25) is 0 Å². The molecule has 1 aliphatic carbocycles. The second kappa shape index (κ2) is 6.29. The van der Waals surface area contributed by atoms with Crippen LogP contribution in [0.5, 0.6) is 5.75 Å². The quantitative estimate of drug-likeness (QED) is 0.742. The van der Waals surface area contributed by atoms with E-state index in [-0.39, 0.29) is 23.7 Å². The Labute approximate surface area is 143 Å². The fourth-order valence-corrected chi connectivity index (χ4v) is 4.22. The van der Waals surface area contributed by atoms with Crippen LogP contribution in [-0.4, -0.2) is 28.0 Å². The van der Waals surface area contributed by atoms with Crippen LogP contribution in [0, 0.1) is 0 Å². The van der Waals surface area contributed by atoms with Gasteiger partial charge in [0.25, 0.3) is 5.91 Å². The first-order chi connectivity index (χ1) is 9.75. The zero-order valence-electron chi connectivity index (χ0n) is 12.8. The van der Waals surface area contributed by atoms with Crippen molar-refractivity contribution < 1.29 is 9.90 Å². The van der Waals surface area contributed by atoms with Gasteiger partial charge in [0.1, 0.15) is 5.75 Å². The summed E-state index contributed by atoms with van der Waals surface area (Å²) in [4.78, 5) is 14.7. The molecule has 0 radical (unpaired) electrons. The molecule has 2 rings (SSSR count). The summed E-state index contributed by atoms with van der Waals surface area (Å²) in [7, 11) is 0. The lowest BCUT2D eigenvalue weighted by Crippen LogP contribution is -2.42. The number of hydrogen-bond acceptors (Lipinski definition) is 2. The third-order valence-electron chi connectivity index (χ3n) is 3.80. The highest BCUT2D eigenvalue weighted by atomic mass is 79.9. The van der Waals surface area contributed by atoms with E-state index in [2.05, 4.69) is 31.9 Å². The monoisotopic (exact) mass is 417 g/mol. The van der Waals surface area contributed by atoms with E-state index in [1.54, 1.807) is 0 Å². The maximum absolute atomic E-state index is 12.9. The minimum Gasteiger partial charge on any atom is -0.506 e. The normalized spacial score (nSPS) is 14.9. The summed E-state index contributed by atoms with van der Waals surface area (Å²) in [5.41, 5.74) is 1.42. The molecule has 1 aromatic carbocycles. The lowest BCUT2D eigenvalue weighted by atomic mass is 10.0. The maximum Gasteiger partial charge on any atom is 0.256 e. The van der Waals surface area contributed by atoms with E-state index in [9.17, 15) is 9.90 Å². The number of carbonyl (C=O) groups is 1. The summed E-state index contributed by atoms with van der Waals surface area (Å²) >= 11 is 6.92. The highest BCUT2D eigenvalue weighted by Gasteiger charge is 2.32. The fourth-order valence-electron chi connectivity index (χ4n) is 2.72. The number of aromatic hydroxyl groups is 1. The molecule has 0 bridgehead atoms. The first-order valence-electron chi connectivity index (χ1n) is 7.29. The van der Waals surface area contributed by atoms with Gasteiger partial charge < -0.3 is 10.0 Å². The van der Waals surface area contributed by atoms with Crippen LogP contribution in [0.1, 0.15) is 62.4 Å². The van der Waals surface area contributed by atoms with Crippen molar-refractivity contribution in [3.63, 3.8) is 0 Å². The second-order valence-electron chi connectivity index (χ2n) is 6.16. The van der Waals surface area contributed by atoms with Gasteiger partial charge in [-0.25, -0.2) is 0 Å². The number of halogens is 2. The van der Waals surface area contributed by atoms with Crippen LogP contribution in [0.15, 0.2) is 15.0 Å². The third kappa shape index (κ3) is 3.29. The van der Waals surface area contributed by atoms with E-state index in [0.29, 0.717) is 16.0 Å². The van der Waals surface area contributed by atoms with Gasteiger partial charge in [-0.1, -0.05) is 0 Å². The Morgan fingerprint density at radius 3 is 2.19 bits per heavy atom. The summed E-state index contributed by atoms with van der Waals surface area (Å²) < 4.78 is 1.24. The van der Waals surface area contributed by atoms with Gasteiger partial charge in [0, 0.05) is 16.6 Å². The van der Waals surface area contributed by atoms with Gasteiger partial charge in [0.2, 0.25) is 0 Å². The van der Waals surface area contributed by atoms with E-state index in [1.165, 1.54) is 0 Å². The zero-order chi connectivity index (χ0) is 15.9. The predicted octanol–water partition coefficient (Wildman–Crippen LogP) is 5.05. The number of benzene rings is 1. The molecule has 3 nitrogen and oxygen atoms in total. The van der Waals surface area contributed by atoms with Crippen molar-refractivity contribution >= 4 is 37.8 Å². The smallest absolute Gasteiger partial charge is 0.256 e. The molecule has 0 spiro atoms. The summed E-state index contributed by atoms with van der Waals surface area (Å²) in [5.74, 6) is 0.556. The van der Waals surface area contributed by atoms with Crippen LogP contribution in [0.25, 0.3) is 0 Å². The topological polar surface area (TPSA) is 40.5 Å². The van der Waals surface area contributed by atoms with Gasteiger partial charge in [-0.05, 0) is 89.9 Å². The molecule has 1 N–H and O–H groups in total. The number of carbonyl (C=O) groups excluding carboxylic acids is 1. The molecule has 1 aromatic rings. The number of nitrogens with zero attached hydrogens (tertiary/aromatic N) is 1. The highest BCUT2D eigenvalue weighted by molar-refractivity contribution is 9.11. The van der Waals surface area contributed by atoms with Crippen LogP contribution < -0.4 is 0 Å². The summed E-state index contributed by atoms with van der Waals surface area (Å²) in [6.45, 7) is 7.99. The van der Waals surface area contributed by atoms with Crippen LogP contribution in [0.4, 0.5) is 0 Å². The van der Waals surface area contributed by atoms with Crippen LogP contribution >= 0.6 is 31.9 Å². The van der Waals surface area contributed by atoms with Gasteiger partial charge in [-0.3, -0.25) is 4.79 Å². The minimum absolute atomic E-state index is 0.0728. The molecule has 0 heterocycles. The van der Waals surface area contributed by atoms with Crippen LogP contribution in [-0.2, 0) is 0 Å². The van der Waals surface area contributed by atoms with Crippen molar-refractivity contribution in [2.75, 3.05) is 0 Å². The SMILES string of the molecule is CC(C)N(C(=O)c1c(Br)cc(C2CC2)c(O)c1Br)C(C)C. The Hall–Kier alpha value is -0.550. The fraction of sp³-hybridized carbons (Fsp3) is 0.562. The number of hydrogen-bond donors (Lipinski definition) is 1. The molecular weight excluding hydrogens is 398 g/mol. The van der Waals surface area contributed by atoms with E-state index in [1.807, 2.05) is 38.7 Å². The van der Waals surface area contributed by atoms with E-state index in [0.717, 1.165) is 22.9 Å². The molecule has 1 fully saturated rings. The van der Waals surface area contributed by atoms with Crippen molar-refractivity contribution in [1.82, 2.24) is 4.90 Å². The number of amides is 1. The molecule has 1 amide bonds. The molecule has 1 saturated carbocycles. The Morgan fingerprint density at radius 1 is 1.24 bits per heavy atom. The van der Waals surface area contributed by atoms with E-state index < -0.39 is 0 Å². The van der Waals surface area contributed by atoms with Gasteiger partial charge in [-0.15, -0.1) is 0 Å². The molecule has 0 unspecified atom stereocenters. The summed E-state index contributed by atoms with van der Waals surface area (Å²) in [6, 6.07) is 2.09. The van der Waals surface area contributed by atoms with Gasteiger partial charge in [0.15, 0.2) is 0 Å². The van der Waals surface area contributed by atoms with Crippen molar-refractivity contribution in [1.29, 1.82) is 0 Å². The highest BCUT2D eigenvalue weighted by Crippen LogP contribution is 2.49. The minimum atomic E-state index is -0.0728. The second-order valence-corrected chi connectivity index (χ2v) is 7.81. The van der Waals surface area contributed by atoms with Crippen molar-refractivity contribution in [2.24, 2.45) is 0 Å². The molecule has 1 aliphatic rings. The molecular formula is C16H21Br2NO2. The number of rotatable bonds is 4. The molecule has 21 heavy (non-hydrogen) atoms. The first kappa shape index (κ1) is 16.8. The Kier molecular flexibility index (Phi) is 5.03. The molecule has 5 heteroatoms. The predicted molar refractivity (Wildman–Crippen MR) is 91.9 cm³/mol. The molecule has 0 atom stereocenters. The first-order valence-corrected chi connectivity index (χ1v) is 8.87. The molecule has 0 aliphatic heterocycles. The standard InChI is InChI=1S/C16H21Br2NO2/c1-8(2)19(9(3)4)16(21)13-12(17)7-11(10-5-6-10)15(20)14(13)18/h7-10,20H,5-6H2,1-4H3. The van der Waals surface area contributed by atoms with Crippen molar-refractivity contribution in [2.45, 2.75) is 58.5 Å². The van der Waals surface area contributed by atoms with Crippen molar-refractivity contribution in [3.05, 3.63) is 26.1 Å². The zero-order valence-corrected chi connectivity index (χ0v) is 16.0. The Bertz CT molecular complexity index is 558. The van der Waals surface area contributed by atoms with Gasteiger partial charge in [-0.2, -0.15) is 0 Å². The Balaban J connectivity index is 2.48. The number of phenols is 1. The van der Waals surface area contributed by atoms with Gasteiger partial charge >= 0.3 is 0 Å². The molecule has 0 aromatic heterocycles. The van der Waals surface area contributed by atoms with Gasteiger partial charge in [0.05, 0.1) is 10.0 Å². The average molecular weight is 419 g/mol. The van der Waals surface area contributed by atoms with E-state index in [4.69, 9.17) is 0 Å². The molecule has 0 saturated heterocycles. The van der Waals surface area contributed by atoms with Crippen LogP contribution in [0.3, 0.4) is 0 Å². The lowest BCUT2D eigenvalue weighted by molar-refractivity contribution is 0.0641. The third-order valence-corrected chi connectivity index (χ3v) is 5.20. The average Bonchev–Trinajstić information content (AvgIpc) is 3.17. The maximum atomic E-state index is 12.9. The van der Waals surface area contributed by atoms with E-state index >= 15 is 0 Å². The Morgan fingerprint density at radius 2 is 1.76 bits per heavy atom. The summed E-state index contributed by atoms with van der Waals surface area (Å²) in [6.07, 6.45) is 2.20. The lowest BCUT2D eigenvalue weighted by Gasteiger charge is -2.31. The molecule has 116 valence electrons. The largest absolute Gasteiger partial charge is 0.506 e.